The summed E-state index contributed by atoms with van der Waals surface area (Å²) in [6, 6.07) is 7.86. The van der Waals surface area contributed by atoms with Gasteiger partial charge in [-0.05, 0) is 38.0 Å². The molecule has 0 atom stereocenters. The van der Waals surface area contributed by atoms with Gasteiger partial charge >= 0.3 is 5.97 Å². The summed E-state index contributed by atoms with van der Waals surface area (Å²) in [5.41, 5.74) is 4.50. The van der Waals surface area contributed by atoms with Crippen molar-refractivity contribution in [2.75, 3.05) is 13.7 Å². The van der Waals surface area contributed by atoms with Gasteiger partial charge in [0.2, 0.25) is 0 Å². The largest absolute Gasteiger partial charge is 0.456 e. The molecule has 0 bridgehead atoms. The molecule has 25 heavy (non-hydrogen) atoms. The maximum absolute atomic E-state index is 11.8. The highest BCUT2D eigenvalue weighted by molar-refractivity contribution is 5.92. The second-order valence-corrected chi connectivity index (χ2v) is 5.85. The predicted molar refractivity (Wildman–Crippen MR) is 93.3 cm³/mol. The van der Waals surface area contributed by atoms with Crippen LogP contribution in [0.15, 0.2) is 24.3 Å². The van der Waals surface area contributed by atoms with E-state index >= 15 is 0 Å². The Morgan fingerprint density at radius 2 is 2.00 bits per heavy atom. The van der Waals surface area contributed by atoms with Gasteiger partial charge in [-0.15, -0.1) is 0 Å². The number of carbonyl (C=O) groups excluding carboxylic acids is 2. The molecule has 7 heteroatoms. The Balaban J connectivity index is 1.83. The van der Waals surface area contributed by atoms with Crippen molar-refractivity contribution in [3.05, 3.63) is 41.2 Å². The first-order valence-corrected chi connectivity index (χ1v) is 8.11. The average molecular weight is 340 g/mol. The van der Waals surface area contributed by atoms with E-state index in [9.17, 15) is 9.59 Å². The monoisotopic (exact) mass is 340 g/mol. The zero-order valence-electron chi connectivity index (χ0n) is 14.5. The van der Waals surface area contributed by atoms with E-state index in [1.807, 2.05) is 42.6 Å². The quantitative estimate of drug-likeness (QED) is 0.715. The smallest absolute Gasteiger partial charge is 0.306 e. The van der Waals surface area contributed by atoms with Crippen LogP contribution in [0.3, 0.4) is 0 Å². The van der Waals surface area contributed by atoms with Gasteiger partial charge in [-0.2, -0.15) is 5.10 Å². The zero-order valence-corrected chi connectivity index (χ0v) is 14.5. The highest BCUT2D eigenvalue weighted by Crippen LogP contribution is 2.22. The number of nitrogens with zero attached hydrogens (tertiary/aromatic N) is 3. The third-order valence-electron chi connectivity index (χ3n) is 4.24. The topological polar surface area (TPSA) is 85.6 Å². The summed E-state index contributed by atoms with van der Waals surface area (Å²) in [5.74, 6) is -0.736. The Labute approximate surface area is 145 Å². The number of hydrogen-bond donors (Lipinski definition) is 1. The molecule has 0 spiro atoms. The van der Waals surface area contributed by atoms with Crippen molar-refractivity contribution in [3.63, 3.8) is 0 Å². The summed E-state index contributed by atoms with van der Waals surface area (Å²) in [5, 5.41) is 8.01. The lowest BCUT2D eigenvalue weighted by Gasteiger charge is -2.11. The minimum absolute atomic E-state index is 0.187. The normalized spacial score (nSPS) is 11.0. The number of amides is 1. The van der Waals surface area contributed by atoms with Gasteiger partial charge in [0.25, 0.3) is 5.91 Å². The lowest BCUT2D eigenvalue weighted by Crippen LogP contribution is -2.25. The second kappa shape index (κ2) is 6.88. The molecule has 0 unspecified atom stereocenters. The van der Waals surface area contributed by atoms with Crippen molar-refractivity contribution < 1.29 is 14.3 Å². The standard InChI is InChI=1S/C18H20N4O3/c1-11-13(8-9-17(24)25-10-16(23)19-3)12(2)22-18(20-11)14-6-4-5-7-15(14)21-22/h4-7H,8-10H2,1-3H3,(H,19,23). The molecule has 0 radical (unpaired) electrons. The molecular formula is C18H20N4O3. The first-order chi connectivity index (χ1) is 12.0. The Kier molecular flexibility index (Phi) is 4.65. The van der Waals surface area contributed by atoms with Crippen molar-refractivity contribution in [2.24, 2.45) is 0 Å². The van der Waals surface area contributed by atoms with Crippen molar-refractivity contribution >= 4 is 28.4 Å². The SMILES string of the molecule is CNC(=O)COC(=O)CCc1c(C)nc2c3ccccc3nn2c1C. The Morgan fingerprint density at radius 3 is 2.76 bits per heavy atom. The van der Waals surface area contributed by atoms with Gasteiger partial charge in [0.15, 0.2) is 12.3 Å². The van der Waals surface area contributed by atoms with Crippen LogP contribution in [0.4, 0.5) is 0 Å². The van der Waals surface area contributed by atoms with Crippen molar-refractivity contribution in [1.82, 2.24) is 19.9 Å². The van der Waals surface area contributed by atoms with Crippen LogP contribution in [0, 0.1) is 13.8 Å². The first kappa shape index (κ1) is 16.9. The van der Waals surface area contributed by atoms with Crippen LogP contribution in [-0.4, -0.2) is 40.1 Å². The van der Waals surface area contributed by atoms with Gasteiger partial charge in [-0.1, -0.05) is 12.1 Å². The fourth-order valence-corrected chi connectivity index (χ4v) is 2.86. The molecule has 0 aliphatic rings. The van der Waals surface area contributed by atoms with Crippen LogP contribution in [0.25, 0.3) is 16.6 Å². The molecule has 0 saturated heterocycles. The van der Waals surface area contributed by atoms with Gasteiger partial charge in [0.05, 0.1) is 5.52 Å². The molecule has 130 valence electrons. The summed E-state index contributed by atoms with van der Waals surface area (Å²) in [6.07, 6.45) is 0.677. The fraction of sp³-hybridized carbons (Fsp3) is 0.333. The van der Waals surface area contributed by atoms with Crippen LogP contribution in [0.1, 0.15) is 23.4 Å². The lowest BCUT2D eigenvalue weighted by molar-refractivity contribution is -0.148. The third-order valence-corrected chi connectivity index (χ3v) is 4.24. The molecule has 0 aliphatic heterocycles. The first-order valence-electron chi connectivity index (χ1n) is 8.11. The van der Waals surface area contributed by atoms with E-state index in [0.717, 1.165) is 33.5 Å². The number of fused-ring (bicyclic) bond motifs is 3. The number of carbonyl (C=O) groups is 2. The van der Waals surface area contributed by atoms with Gasteiger partial charge in [0.1, 0.15) is 0 Å². The van der Waals surface area contributed by atoms with E-state index in [1.54, 1.807) is 0 Å². The maximum atomic E-state index is 11.8. The summed E-state index contributed by atoms with van der Waals surface area (Å²) in [7, 11) is 1.50. The van der Waals surface area contributed by atoms with Crippen LogP contribution in [0.5, 0.6) is 0 Å². The summed E-state index contributed by atoms with van der Waals surface area (Å²) in [4.78, 5) is 27.6. The summed E-state index contributed by atoms with van der Waals surface area (Å²) < 4.78 is 6.76. The van der Waals surface area contributed by atoms with Crippen molar-refractivity contribution in [3.8, 4) is 0 Å². The van der Waals surface area contributed by atoms with Crippen molar-refractivity contribution in [2.45, 2.75) is 26.7 Å². The number of aromatic nitrogens is 3. The molecule has 0 fully saturated rings. The van der Waals surface area contributed by atoms with E-state index in [0.29, 0.717) is 6.42 Å². The Morgan fingerprint density at radius 1 is 1.24 bits per heavy atom. The molecular weight excluding hydrogens is 320 g/mol. The number of likely N-dealkylation sites (N-methyl/N-ethyl adjacent to an activating group) is 1. The van der Waals surface area contributed by atoms with E-state index in [1.165, 1.54) is 7.05 Å². The predicted octanol–water partition coefficient (Wildman–Crippen LogP) is 1.72. The molecule has 3 aromatic rings. The maximum Gasteiger partial charge on any atom is 0.306 e. The lowest BCUT2D eigenvalue weighted by atomic mass is 10.1. The van der Waals surface area contributed by atoms with Gasteiger partial charge < -0.3 is 10.1 Å². The van der Waals surface area contributed by atoms with Gasteiger partial charge in [-0.25, -0.2) is 9.50 Å². The highest BCUT2D eigenvalue weighted by Gasteiger charge is 2.15. The number of rotatable bonds is 5. The number of hydrogen-bond acceptors (Lipinski definition) is 5. The fourth-order valence-electron chi connectivity index (χ4n) is 2.86. The zero-order chi connectivity index (χ0) is 18.0. The highest BCUT2D eigenvalue weighted by atomic mass is 16.5. The summed E-state index contributed by atoms with van der Waals surface area (Å²) in [6.45, 7) is 3.65. The Bertz CT molecular complexity index is 962. The number of benzene rings is 1. The Hall–Kier alpha value is -2.96. The molecule has 2 aromatic heterocycles. The molecule has 1 N–H and O–H groups in total. The minimum atomic E-state index is -0.409. The number of aryl methyl sites for hydroxylation is 2. The van der Waals surface area contributed by atoms with Crippen LogP contribution >= 0.6 is 0 Å². The van der Waals surface area contributed by atoms with E-state index in [4.69, 9.17) is 4.74 Å². The molecule has 1 amide bonds. The average Bonchev–Trinajstić information content (AvgIpc) is 2.98. The summed E-state index contributed by atoms with van der Waals surface area (Å²) >= 11 is 0. The van der Waals surface area contributed by atoms with Crippen LogP contribution in [0.2, 0.25) is 0 Å². The molecule has 0 aliphatic carbocycles. The van der Waals surface area contributed by atoms with Gasteiger partial charge in [-0.3, -0.25) is 9.59 Å². The van der Waals surface area contributed by atoms with Crippen molar-refractivity contribution in [1.29, 1.82) is 0 Å². The molecule has 3 rings (SSSR count). The van der Waals surface area contributed by atoms with E-state index in [-0.39, 0.29) is 18.9 Å². The van der Waals surface area contributed by atoms with Crippen LogP contribution in [-0.2, 0) is 20.7 Å². The van der Waals surface area contributed by atoms with E-state index < -0.39 is 5.97 Å². The van der Waals surface area contributed by atoms with E-state index in [2.05, 4.69) is 15.4 Å². The molecule has 2 heterocycles. The molecule has 1 aromatic carbocycles. The third kappa shape index (κ3) is 3.31. The molecule has 0 saturated carbocycles. The van der Waals surface area contributed by atoms with Gasteiger partial charge in [0, 0.05) is 30.2 Å². The number of ether oxygens (including phenoxy) is 1. The second-order valence-electron chi connectivity index (χ2n) is 5.85. The number of nitrogens with one attached hydrogen (secondary N) is 1. The molecule has 7 nitrogen and oxygen atoms in total. The number of esters is 1. The van der Waals surface area contributed by atoms with Crippen LogP contribution < -0.4 is 5.32 Å². The minimum Gasteiger partial charge on any atom is -0.456 e.